The standard InChI is InChI=1S/C10H9Cl2N3S/c1-2-13-10-15-14-9(16-10)6-3-7(11)5-8(12)4-6/h3-5H,2H2,1H3,(H,13,15). The fourth-order valence-corrected chi connectivity index (χ4v) is 2.56. The Labute approximate surface area is 107 Å². The Morgan fingerprint density at radius 1 is 1.19 bits per heavy atom. The van der Waals surface area contributed by atoms with E-state index in [2.05, 4.69) is 15.5 Å². The van der Waals surface area contributed by atoms with Crippen molar-refractivity contribution in [3.63, 3.8) is 0 Å². The van der Waals surface area contributed by atoms with E-state index in [0.717, 1.165) is 22.2 Å². The SMILES string of the molecule is CCNc1nnc(-c2cc(Cl)cc(Cl)c2)s1. The van der Waals surface area contributed by atoms with Crippen molar-refractivity contribution in [2.75, 3.05) is 11.9 Å². The second-order valence-corrected chi connectivity index (χ2v) is 4.95. The Morgan fingerprint density at radius 3 is 2.50 bits per heavy atom. The zero-order chi connectivity index (χ0) is 11.5. The minimum atomic E-state index is 0.600. The number of nitrogens with one attached hydrogen (secondary N) is 1. The molecule has 0 radical (unpaired) electrons. The van der Waals surface area contributed by atoms with Gasteiger partial charge < -0.3 is 5.32 Å². The number of hydrogen-bond donors (Lipinski definition) is 1. The molecule has 0 aliphatic rings. The van der Waals surface area contributed by atoms with E-state index >= 15 is 0 Å². The molecule has 1 aromatic carbocycles. The first-order valence-electron chi connectivity index (χ1n) is 4.73. The summed E-state index contributed by atoms with van der Waals surface area (Å²) < 4.78 is 0. The van der Waals surface area contributed by atoms with Gasteiger partial charge in [0.1, 0.15) is 5.01 Å². The molecule has 1 heterocycles. The molecule has 6 heteroatoms. The molecule has 1 N–H and O–H groups in total. The number of halogens is 2. The second kappa shape index (κ2) is 4.99. The summed E-state index contributed by atoms with van der Waals surface area (Å²) in [6.07, 6.45) is 0. The lowest BCUT2D eigenvalue weighted by Crippen LogP contribution is -1.94. The van der Waals surface area contributed by atoms with Gasteiger partial charge in [-0.1, -0.05) is 34.5 Å². The van der Waals surface area contributed by atoms with Gasteiger partial charge in [-0.05, 0) is 25.1 Å². The van der Waals surface area contributed by atoms with Gasteiger partial charge in [-0.2, -0.15) is 0 Å². The van der Waals surface area contributed by atoms with Crippen molar-refractivity contribution in [2.24, 2.45) is 0 Å². The van der Waals surface area contributed by atoms with Crippen LogP contribution in [0.1, 0.15) is 6.92 Å². The number of rotatable bonds is 3. The summed E-state index contributed by atoms with van der Waals surface area (Å²) in [5.74, 6) is 0. The molecule has 0 unspecified atom stereocenters. The first-order chi connectivity index (χ1) is 7.69. The zero-order valence-corrected chi connectivity index (χ0v) is 10.8. The van der Waals surface area contributed by atoms with E-state index in [-0.39, 0.29) is 0 Å². The maximum Gasteiger partial charge on any atom is 0.205 e. The molecular weight excluding hydrogens is 265 g/mol. The summed E-state index contributed by atoms with van der Waals surface area (Å²) in [6.45, 7) is 2.84. The van der Waals surface area contributed by atoms with Gasteiger partial charge in [0.2, 0.25) is 5.13 Å². The first kappa shape index (κ1) is 11.6. The van der Waals surface area contributed by atoms with Crippen molar-refractivity contribution in [3.8, 4) is 10.6 Å². The molecule has 0 atom stereocenters. The number of anilines is 1. The predicted molar refractivity (Wildman–Crippen MR) is 69.5 cm³/mol. The molecule has 0 fully saturated rings. The van der Waals surface area contributed by atoms with Gasteiger partial charge in [-0.3, -0.25) is 0 Å². The molecule has 1 aromatic heterocycles. The highest BCUT2D eigenvalue weighted by atomic mass is 35.5. The summed E-state index contributed by atoms with van der Waals surface area (Å²) in [5.41, 5.74) is 0.888. The molecule has 2 aromatic rings. The Balaban J connectivity index is 2.34. The van der Waals surface area contributed by atoms with Gasteiger partial charge in [0.05, 0.1) is 0 Å². The molecule has 0 saturated carbocycles. The highest BCUT2D eigenvalue weighted by Gasteiger charge is 2.07. The fraction of sp³-hybridized carbons (Fsp3) is 0.200. The average Bonchev–Trinajstić information content (AvgIpc) is 2.65. The molecule has 0 aliphatic carbocycles. The molecule has 0 spiro atoms. The minimum Gasteiger partial charge on any atom is -0.360 e. The number of benzene rings is 1. The van der Waals surface area contributed by atoms with Crippen molar-refractivity contribution in [1.29, 1.82) is 0 Å². The lowest BCUT2D eigenvalue weighted by molar-refractivity contribution is 1.07. The lowest BCUT2D eigenvalue weighted by atomic mass is 10.2. The summed E-state index contributed by atoms with van der Waals surface area (Å²) in [7, 11) is 0. The zero-order valence-electron chi connectivity index (χ0n) is 8.50. The molecule has 0 saturated heterocycles. The van der Waals surface area contributed by atoms with Gasteiger partial charge in [0, 0.05) is 22.2 Å². The topological polar surface area (TPSA) is 37.8 Å². The van der Waals surface area contributed by atoms with Crippen LogP contribution >= 0.6 is 34.5 Å². The number of aromatic nitrogens is 2. The van der Waals surface area contributed by atoms with Gasteiger partial charge in [-0.15, -0.1) is 10.2 Å². The Bertz CT molecular complexity index is 478. The molecule has 84 valence electrons. The molecular formula is C10H9Cl2N3S. The molecule has 2 rings (SSSR count). The van der Waals surface area contributed by atoms with Crippen LogP contribution in [-0.2, 0) is 0 Å². The highest BCUT2D eigenvalue weighted by molar-refractivity contribution is 7.18. The van der Waals surface area contributed by atoms with Crippen molar-refractivity contribution >= 4 is 39.7 Å². The summed E-state index contributed by atoms with van der Waals surface area (Å²) >= 11 is 13.3. The van der Waals surface area contributed by atoms with E-state index in [9.17, 15) is 0 Å². The van der Waals surface area contributed by atoms with Gasteiger partial charge in [-0.25, -0.2) is 0 Å². The normalized spacial score (nSPS) is 10.4. The van der Waals surface area contributed by atoms with Crippen LogP contribution in [0.4, 0.5) is 5.13 Å². The molecule has 0 aliphatic heterocycles. The average molecular weight is 274 g/mol. The monoisotopic (exact) mass is 273 g/mol. The van der Waals surface area contributed by atoms with E-state index in [0.29, 0.717) is 10.0 Å². The van der Waals surface area contributed by atoms with E-state index in [4.69, 9.17) is 23.2 Å². The van der Waals surface area contributed by atoms with Crippen LogP contribution in [0.25, 0.3) is 10.6 Å². The molecule has 3 nitrogen and oxygen atoms in total. The summed E-state index contributed by atoms with van der Waals surface area (Å²) in [4.78, 5) is 0. The first-order valence-corrected chi connectivity index (χ1v) is 6.30. The quantitative estimate of drug-likeness (QED) is 0.921. The van der Waals surface area contributed by atoms with Crippen LogP contribution in [0.15, 0.2) is 18.2 Å². The molecule has 16 heavy (non-hydrogen) atoms. The Morgan fingerprint density at radius 2 is 1.88 bits per heavy atom. The van der Waals surface area contributed by atoms with E-state index in [1.807, 2.05) is 19.1 Å². The van der Waals surface area contributed by atoms with Crippen LogP contribution in [0.5, 0.6) is 0 Å². The largest absolute Gasteiger partial charge is 0.360 e. The molecule has 0 amide bonds. The second-order valence-electron chi connectivity index (χ2n) is 3.10. The molecule has 0 bridgehead atoms. The van der Waals surface area contributed by atoms with Crippen LogP contribution in [0.3, 0.4) is 0 Å². The summed E-state index contributed by atoms with van der Waals surface area (Å²) in [6, 6.07) is 5.34. The Hall–Kier alpha value is -0.840. The van der Waals surface area contributed by atoms with Crippen molar-refractivity contribution in [3.05, 3.63) is 28.2 Å². The van der Waals surface area contributed by atoms with Crippen molar-refractivity contribution < 1.29 is 0 Å². The third-order valence-corrected chi connectivity index (χ3v) is 3.23. The van der Waals surface area contributed by atoms with Gasteiger partial charge in [0.25, 0.3) is 0 Å². The van der Waals surface area contributed by atoms with E-state index in [1.165, 1.54) is 11.3 Å². The number of nitrogens with zero attached hydrogens (tertiary/aromatic N) is 2. The third kappa shape index (κ3) is 2.64. The maximum absolute atomic E-state index is 5.92. The van der Waals surface area contributed by atoms with Gasteiger partial charge in [0.15, 0.2) is 0 Å². The fourth-order valence-electron chi connectivity index (χ4n) is 1.24. The highest BCUT2D eigenvalue weighted by Crippen LogP contribution is 2.30. The predicted octanol–water partition coefficient (Wildman–Crippen LogP) is 3.94. The van der Waals surface area contributed by atoms with Crippen LogP contribution in [0.2, 0.25) is 10.0 Å². The van der Waals surface area contributed by atoms with Crippen LogP contribution in [0, 0.1) is 0 Å². The van der Waals surface area contributed by atoms with E-state index in [1.54, 1.807) is 6.07 Å². The summed E-state index contributed by atoms with van der Waals surface area (Å²) in [5, 5.41) is 14.0. The third-order valence-electron chi connectivity index (χ3n) is 1.86. The maximum atomic E-state index is 5.92. The van der Waals surface area contributed by atoms with E-state index < -0.39 is 0 Å². The van der Waals surface area contributed by atoms with Crippen LogP contribution in [-0.4, -0.2) is 16.7 Å². The lowest BCUT2D eigenvalue weighted by Gasteiger charge is -1.98. The Kier molecular flexibility index (Phi) is 3.63. The smallest absolute Gasteiger partial charge is 0.205 e. The van der Waals surface area contributed by atoms with Gasteiger partial charge >= 0.3 is 0 Å². The van der Waals surface area contributed by atoms with Crippen LogP contribution < -0.4 is 5.32 Å². The van der Waals surface area contributed by atoms with Crippen molar-refractivity contribution in [1.82, 2.24) is 10.2 Å². The number of hydrogen-bond acceptors (Lipinski definition) is 4. The minimum absolute atomic E-state index is 0.600. The van der Waals surface area contributed by atoms with Crippen molar-refractivity contribution in [2.45, 2.75) is 6.92 Å².